The van der Waals surface area contributed by atoms with Crippen LogP contribution >= 0.6 is 7.26 Å². The standard InChI is InChI=1S/C23H24N2P/c1-23(2)18-22(24-25-23)26(19-12-6-3-7-13-19,20-14-8-4-9-15-20)21-16-10-5-11-17-21/h3-17,25H,18H2,1-2H3/q+1. The van der Waals surface area contributed by atoms with Crippen LogP contribution in [0.1, 0.15) is 20.3 Å². The van der Waals surface area contributed by atoms with Crippen molar-refractivity contribution >= 4 is 28.6 Å². The minimum absolute atomic E-state index is 0.0150. The Hall–Kier alpha value is -2.44. The molecule has 0 aliphatic carbocycles. The Balaban J connectivity index is 2.05. The summed E-state index contributed by atoms with van der Waals surface area (Å²) in [5.41, 5.74) is 4.63. The highest BCUT2D eigenvalue weighted by Crippen LogP contribution is 2.59. The monoisotopic (exact) mass is 359 g/mol. The van der Waals surface area contributed by atoms with Crippen LogP contribution in [-0.4, -0.2) is 11.0 Å². The zero-order valence-electron chi connectivity index (χ0n) is 15.3. The maximum atomic E-state index is 4.91. The van der Waals surface area contributed by atoms with Gasteiger partial charge in [-0.2, -0.15) is 0 Å². The van der Waals surface area contributed by atoms with Gasteiger partial charge in [0.15, 0.2) is 12.7 Å². The molecule has 3 aromatic carbocycles. The molecule has 0 bridgehead atoms. The fourth-order valence-corrected chi connectivity index (χ4v) is 8.21. The van der Waals surface area contributed by atoms with Gasteiger partial charge in [0, 0.05) is 0 Å². The van der Waals surface area contributed by atoms with E-state index in [2.05, 4.69) is 110 Å². The molecule has 0 unspecified atom stereocenters. The van der Waals surface area contributed by atoms with Gasteiger partial charge in [0.2, 0.25) is 0 Å². The minimum atomic E-state index is -1.99. The summed E-state index contributed by atoms with van der Waals surface area (Å²) in [7, 11) is -1.99. The van der Waals surface area contributed by atoms with E-state index < -0.39 is 7.26 Å². The van der Waals surface area contributed by atoms with E-state index in [0.29, 0.717) is 0 Å². The zero-order chi connectivity index (χ0) is 18.0. The molecule has 0 atom stereocenters. The van der Waals surface area contributed by atoms with Crippen LogP contribution in [0.5, 0.6) is 0 Å². The van der Waals surface area contributed by atoms with Crippen molar-refractivity contribution in [2.24, 2.45) is 5.10 Å². The number of hydrogen-bond acceptors (Lipinski definition) is 2. The van der Waals surface area contributed by atoms with E-state index in [1.54, 1.807) is 0 Å². The second-order valence-electron chi connectivity index (χ2n) is 7.38. The highest BCUT2D eigenvalue weighted by molar-refractivity contribution is 8.08. The van der Waals surface area contributed by atoms with Crippen LogP contribution in [0.15, 0.2) is 96.1 Å². The summed E-state index contributed by atoms with van der Waals surface area (Å²) in [5, 5.41) is 8.98. The Labute approximate surface area is 156 Å². The van der Waals surface area contributed by atoms with E-state index in [1.807, 2.05) is 0 Å². The van der Waals surface area contributed by atoms with Crippen molar-refractivity contribution in [3.05, 3.63) is 91.0 Å². The second kappa shape index (κ2) is 6.70. The molecule has 130 valence electrons. The van der Waals surface area contributed by atoms with Gasteiger partial charge in [0.1, 0.15) is 15.9 Å². The summed E-state index contributed by atoms with van der Waals surface area (Å²) < 4.78 is 0. The fraction of sp³-hybridized carbons (Fsp3) is 0.174. The molecule has 3 aromatic rings. The molecule has 2 nitrogen and oxygen atoms in total. The lowest BCUT2D eigenvalue weighted by Gasteiger charge is -2.27. The molecule has 1 N–H and O–H groups in total. The highest BCUT2D eigenvalue weighted by atomic mass is 31.2. The predicted molar refractivity (Wildman–Crippen MR) is 114 cm³/mol. The van der Waals surface area contributed by atoms with Crippen LogP contribution in [0.4, 0.5) is 0 Å². The van der Waals surface area contributed by atoms with Crippen molar-refractivity contribution in [3.63, 3.8) is 0 Å². The zero-order valence-corrected chi connectivity index (χ0v) is 16.2. The van der Waals surface area contributed by atoms with Gasteiger partial charge in [-0.1, -0.05) is 54.6 Å². The molecule has 0 saturated heterocycles. The highest BCUT2D eigenvalue weighted by Gasteiger charge is 2.54. The van der Waals surface area contributed by atoms with Gasteiger partial charge >= 0.3 is 0 Å². The fourth-order valence-electron chi connectivity index (χ4n) is 3.73. The first-order valence-corrected chi connectivity index (χ1v) is 10.8. The van der Waals surface area contributed by atoms with Gasteiger partial charge in [-0.3, -0.25) is 0 Å². The molecule has 4 rings (SSSR count). The Morgan fingerprint density at radius 2 is 1.08 bits per heavy atom. The third kappa shape index (κ3) is 2.85. The minimum Gasteiger partial charge on any atom is -0.301 e. The first-order chi connectivity index (χ1) is 12.6. The molecule has 1 heterocycles. The first-order valence-electron chi connectivity index (χ1n) is 9.03. The summed E-state index contributed by atoms with van der Waals surface area (Å²) in [4.78, 5) is 0. The summed E-state index contributed by atoms with van der Waals surface area (Å²) >= 11 is 0. The topological polar surface area (TPSA) is 24.4 Å². The summed E-state index contributed by atoms with van der Waals surface area (Å²) in [5.74, 6) is 0. The average Bonchev–Trinajstić information content (AvgIpc) is 3.05. The third-order valence-electron chi connectivity index (χ3n) is 4.91. The summed E-state index contributed by atoms with van der Waals surface area (Å²) in [6, 6.07) is 32.7. The summed E-state index contributed by atoms with van der Waals surface area (Å²) in [6.07, 6.45) is 0.944. The molecule has 0 amide bonds. The number of rotatable bonds is 4. The van der Waals surface area contributed by atoms with E-state index >= 15 is 0 Å². The number of nitrogens with one attached hydrogen (secondary N) is 1. The van der Waals surface area contributed by atoms with Crippen molar-refractivity contribution in [2.75, 3.05) is 0 Å². The predicted octanol–water partition coefficient (Wildman–Crippen LogP) is 4.07. The Bertz CT molecular complexity index is 806. The normalized spacial score (nSPS) is 16.0. The Kier molecular flexibility index (Phi) is 4.38. The van der Waals surface area contributed by atoms with Gasteiger partial charge < -0.3 is 5.43 Å². The lowest BCUT2D eigenvalue weighted by molar-refractivity contribution is 0.446. The molecule has 1 aliphatic rings. The van der Waals surface area contributed by atoms with E-state index in [1.165, 1.54) is 21.4 Å². The van der Waals surface area contributed by atoms with Gasteiger partial charge in [-0.05, 0) is 50.2 Å². The van der Waals surface area contributed by atoms with Crippen LogP contribution in [-0.2, 0) is 0 Å². The van der Waals surface area contributed by atoms with Crippen LogP contribution in [0, 0.1) is 0 Å². The van der Waals surface area contributed by atoms with Crippen molar-refractivity contribution < 1.29 is 0 Å². The SMILES string of the molecule is CC1(C)CC([P+](c2ccccc2)(c2ccccc2)c2ccccc2)=NN1. The molecule has 26 heavy (non-hydrogen) atoms. The van der Waals surface area contributed by atoms with Crippen LogP contribution < -0.4 is 21.3 Å². The van der Waals surface area contributed by atoms with E-state index in [-0.39, 0.29) is 5.54 Å². The Morgan fingerprint density at radius 1 is 0.692 bits per heavy atom. The largest absolute Gasteiger partial charge is 0.301 e. The van der Waals surface area contributed by atoms with Gasteiger partial charge in [-0.25, -0.2) is 0 Å². The molecular formula is C23H24N2P+. The van der Waals surface area contributed by atoms with Crippen molar-refractivity contribution in [1.82, 2.24) is 5.43 Å². The first kappa shape index (κ1) is 17.0. The van der Waals surface area contributed by atoms with Crippen LogP contribution in [0.25, 0.3) is 0 Å². The molecule has 0 aromatic heterocycles. The maximum absolute atomic E-state index is 4.91. The van der Waals surface area contributed by atoms with Crippen LogP contribution in [0.2, 0.25) is 0 Å². The maximum Gasteiger partial charge on any atom is 0.194 e. The number of hydrazone groups is 1. The van der Waals surface area contributed by atoms with Crippen LogP contribution in [0.3, 0.4) is 0 Å². The quantitative estimate of drug-likeness (QED) is 0.698. The lowest BCUT2D eigenvalue weighted by Crippen LogP contribution is -2.37. The molecule has 0 fully saturated rings. The molecule has 1 aliphatic heterocycles. The number of hydrogen-bond donors (Lipinski definition) is 1. The van der Waals surface area contributed by atoms with E-state index in [0.717, 1.165) is 6.42 Å². The van der Waals surface area contributed by atoms with Crippen molar-refractivity contribution in [3.8, 4) is 0 Å². The molecule has 0 spiro atoms. The molecule has 0 saturated carbocycles. The van der Waals surface area contributed by atoms with Gasteiger partial charge in [0.25, 0.3) is 0 Å². The third-order valence-corrected chi connectivity index (χ3v) is 9.16. The molecule has 3 heteroatoms. The lowest BCUT2D eigenvalue weighted by atomic mass is 10.0. The smallest absolute Gasteiger partial charge is 0.194 e. The Morgan fingerprint density at radius 3 is 1.38 bits per heavy atom. The van der Waals surface area contributed by atoms with E-state index in [9.17, 15) is 0 Å². The van der Waals surface area contributed by atoms with Gasteiger partial charge in [0.05, 0.1) is 12.0 Å². The number of nitrogens with zero attached hydrogens (tertiary/aromatic N) is 1. The molecule has 0 radical (unpaired) electrons. The summed E-state index contributed by atoms with van der Waals surface area (Å²) in [6.45, 7) is 4.44. The number of benzene rings is 3. The van der Waals surface area contributed by atoms with Crippen molar-refractivity contribution in [1.29, 1.82) is 0 Å². The molecular weight excluding hydrogens is 335 g/mol. The van der Waals surface area contributed by atoms with Gasteiger partial charge in [-0.15, -0.1) is 5.10 Å². The van der Waals surface area contributed by atoms with Crippen molar-refractivity contribution in [2.45, 2.75) is 25.8 Å². The average molecular weight is 359 g/mol. The second-order valence-corrected chi connectivity index (χ2v) is 10.8. The van der Waals surface area contributed by atoms with E-state index in [4.69, 9.17) is 5.10 Å².